The van der Waals surface area contributed by atoms with Gasteiger partial charge in [-0.25, -0.2) is 0 Å². The SMILES string of the molecule is CN(C)C1(N(C)C)CCCP1(=NP(Cl)(N=P1(N(C)C)CCCC1(N(C)C)N(C)C)(N=P1(N(C)C)CCCC1(N(C)C)N(C)C)N=P1(N(C)C)CCCC1(N(C)C)N(C)C)N(C)C. The zero-order chi connectivity index (χ0) is 47.7. The van der Waals surface area contributed by atoms with Crippen LogP contribution >= 0.6 is 46.6 Å². The van der Waals surface area contributed by atoms with Gasteiger partial charge in [0.25, 0.3) is 0 Å². The molecule has 4 heterocycles. The number of halogens is 1. The molecule has 4 aliphatic rings. The Morgan fingerprint density at radius 3 is 0.565 bits per heavy atom. The summed E-state index contributed by atoms with van der Waals surface area (Å²) >= 11 is 9.72. The summed E-state index contributed by atoms with van der Waals surface area (Å²) in [5.41, 5.74) is 0. The Morgan fingerprint density at radius 2 is 0.452 bits per heavy atom. The Bertz CT molecular complexity index is 1550. The van der Waals surface area contributed by atoms with Gasteiger partial charge in [0.05, 0.1) is 0 Å². The first-order valence-corrected chi connectivity index (χ1v) is 33.1. The van der Waals surface area contributed by atoms with Crippen LogP contribution in [0.15, 0.2) is 18.1 Å². The van der Waals surface area contributed by atoms with E-state index in [1.54, 1.807) is 0 Å². The minimum atomic E-state index is -5.10. The van der Waals surface area contributed by atoms with Crippen molar-refractivity contribution in [1.82, 2.24) is 57.9 Å². The van der Waals surface area contributed by atoms with Gasteiger partial charge in [0.15, 0.2) is 0 Å². The number of rotatable bonds is 16. The summed E-state index contributed by atoms with van der Waals surface area (Å²) in [6.07, 6.45) is 11.7. The van der Waals surface area contributed by atoms with Gasteiger partial charge in [-0.15, -0.1) is 0 Å². The third kappa shape index (κ3) is 7.74. The van der Waals surface area contributed by atoms with E-state index < -0.39 is 57.0 Å². The molecule has 4 fully saturated rings. The van der Waals surface area contributed by atoms with Crippen molar-refractivity contribution in [1.29, 1.82) is 0 Å². The zero-order valence-electron chi connectivity index (χ0n) is 44.3. The van der Waals surface area contributed by atoms with Gasteiger partial charge >= 0.3 is 389 Å². The predicted molar refractivity (Wildman–Crippen MR) is 282 cm³/mol. The third-order valence-electron chi connectivity index (χ3n) is 15.8. The molecule has 4 atom stereocenters. The third-order valence-corrected chi connectivity index (χ3v) is 45.6. The van der Waals surface area contributed by atoms with Gasteiger partial charge in [-0.1, -0.05) is 0 Å². The van der Waals surface area contributed by atoms with E-state index in [1.165, 1.54) is 0 Å². The molecule has 0 amide bonds. The molecule has 0 aromatic carbocycles. The Labute approximate surface area is 387 Å². The number of hydrogen-bond acceptors (Lipinski definition) is 12. The van der Waals surface area contributed by atoms with Crippen molar-refractivity contribution in [2.24, 2.45) is 18.1 Å². The van der Waals surface area contributed by atoms with Crippen molar-refractivity contribution in [3.05, 3.63) is 0 Å². The molecular weight excluding hydrogens is 895 g/mol. The van der Waals surface area contributed by atoms with Gasteiger partial charge in [-0.3, -0.25) is 0 Å². The van der Waals surface area contributed by atoms with Crippen molar-refractivity contribution >= 4 is 46.6 Å². The van der Waals surface area contributed by atoms with Crippen molar-refractivity contribution in [3.8, 4) is 0 Å². The molecule has 0 aromatic rings. The Morgan fingerprint density at radius 1 is 0.306 bits per heavy atom. The van der Waals surface area contributed by atoms with Gasteiger partial charge in [-0.2, -0.15) is 0 Å². The van der Waals surface area contributed by atoms with E-state index in [2.05, 4.69) is 227 Å². The maximum absolute atomic E-state index is 9.72. The second-order valence-electron chi connectivity index (χ2n) is 21.1. The summed E-state index contributed by atoms with van der Waals surface area (Å²) in [7, 11) is 43.4. The molecule has 0 aromatic heterocycles. The number of hydrogen-bond donors (Lipinski definition) is 0. The Hall–Kier alpha value is 1.16. The topological polar surface area (TPSA) is 88.3 Å². The van der Waals surface area contributed by atoms with E-state index in [0.29, 0.717) is 0 Å². The molecule has 4 rings (SSSR count). The first-order chi connectivity index (χ1) is 28.3. The van der Waals surface area contributed by atoms with E-state index in [1.807, 2.05) is 0 Å². The fraction of sp³-hybridized carbons (Fsp3) is 1.00. The summed E-state index contributed by atoms with van der Waals surface area (Å²) in [5, 5.41) is -1.69. The molecule has 0 saturated carbocycles. The molecule has 62 heavy (non-hydrogen) atoms. The van der Waals surface area contributed by atoms with E-state index in [9.17, 15) is 11.2 Å². The fourth-order valence-electron chi connectivity index (χ4n) is 13.5. The minimum absolute atomic E-state index is 0.423. The van der Waals surface area contributed by atoms with Gasteiger partial charge in [-0.05, 0) is 0 Å². The van der Waals surface area contributed by atoms with Crippen LogP contribution in [0.25, 0.3) is 0 Å². The Balaban J connectivity index is 2.76. The average Bonchev–Trinajstić information content (AvgIpc) is 3.90. The van der Waals surface area contributed by atoms with Gasteiger partial charge in [0, 0.05) is 0 Å². The van der Waals surface area contributed by atoms with Crippen LogP contribution in [0, 0.1) is 0 Å². The van der Waals surface area contributed by atoms with Crippen molar-refractivity contribution < 1.29 is 0 Å². The summed E-state index contributed by atoms with van der Waals surface area (Å²) < 4.78 is 37.3. The van der Waals surface area contributed by atoms with Crippen LogP contribution in [0.4, 0.5) is 0 Å². The maximum atomic E-state index is 9.72. The van der Waals surface area contributed by atoms with Crippen LogP contribution in [0.3, 0.4) is 0 Å². The molecule has 0 aliphatic carbocycles. The van der Waals surface area contributed by atoms with Gasteiger partial charge in [0.2, 0.25) is 0 Å². The zero-order valence-corrected chi connectivity index (χ0v) is 49.5. The van der Waals surface area contributed by atoms with E-state index in [0.717, 1.165) is 76.0 Å². The first-order valence-electron chi connectivity index (χ1n) is 22.7. The predicted octanol–water partition coefficient (Wildman–Crippen LogP) is 8.35. The molecule has 4 unspecified atom stereocenters. The van der Waals surface area contributed by atoms with Crippen LogP contribution in [0.5, 0.6) is 0 Å². The van der Waals surface area contributed by atoms with Crippen molar-refractivity contribution in [2.45, 2.75) is 73.0 Å². The molecule has 4 aliphatic heterocycles. The average molecular weight is 992 g/mol. The first kappa shape index (κ1) is 55.8. The van der Waals surface area contributed by atoms with Crippen molar-refractivity contribution in [2.75, 3.05) is 194 Å². The molecule has 22 heteroatoms. The van der Waals surface area contributed by atoms with E-state index in [4.69, 9.17) is 18.1 Å². The summed E-state index contributed by atoms with van der Waals surface area (Å²) in [6.45, 7) is -5.10. The standard InChI is InChI=1S/C40H96ClN16P5/c1-46(2)37(47(3)4)29-25-33-58(37,54(17)18)42-62(41,43-59(55(19)20)34-26-30-38(59,48(5)6)49(7)8,44-60(56(21)22)35-27-31-39(60,50(9)10)51(11)12)45-61(57(23)24)36-28-32-40(61,52(13)14)53(15)16/h25-36H2,1-24H3. The molecule has 4 saturated heterocycles. The van der Waals surface area contributed by atoms with E-state index >= 15 is 0 Å². The fourth-order valence-corrected chi connectivity index (χ4v) is 49.9. The summed E-state index contributed by atoms with van der Waals surface area (Å²) in [5.74, 6) is 0. The molecule has 0 N–H and O–H groups in total. The molecular formula is C40H96ClN16P5. The molecule has 0 bridgehead atoms. The quantitative estimate of drug-likeness (QED) is 0.110. The number of nitrogens with zero attached hydrogens (tertiary/aromatic N) is 16. The summed E-state index contributed by atoms with van der Waals surface area (Å²) in [4.78, 5) is 19.7. The van der Waals surface area contributed by atoms with Gasteiger partial charge < -0.3 is 0 Å². The second-order valence-corrected chi connectivity index (χ2v) is 41.1. The molecule has 16 nitrogen and oxygen atoms in total. The monoisotopic (exact) mass is 991 g/mol. The van der Waals surface area contributed by atoms with Crippen LogP contribution in [-0.4, -0.2) is 273 Å². The molecule has 368 valence electrons. The van der Waals surface area contributed by atoms with Crippen molar-refractivity contribution in [3.63, 3.8) is 0 Å². The molecule has 0 radical (unpaired) electrons. The van der Waals surface area contributed by atoms with Crippen LogP contribution in [-0.2, 0) is 0 Å². The Kier molecular flexibility index (Phi) is 16.9. The van der Waals surface area contributed by atoms with E-state index in [-0.39, 0.29) is 0 Å². The summed E-state index contributed by atoms with van der Waals surface area (Å²) in [6, 6.07) is 0. The van der Waals surface area contributed by atoms with Crippen LogP contribution in [0.1, 0.15) is 51.4 Å². The van der Waals surface area contributed by atoms with Gasteiger partial charge in [0.1, 0.15) is 0 Å². The van der Waals surface area contributed by atoms with Crippen LogP contribution in [0.2, 0.25) is 0 Å². The normalized spacial score (nSPS) is 31.8. The second kappa shape index (κ2) is 18.8. The molecule has 0 spiro atoms. The van der Waals surface area contributed by atoms with Crippen LogP contribution < -0.4 is 0 Å².